The van der Waals surface area contributed by atoms with Gasteiger partial charge in [-0.3, -0.25) is 14.3 Å². The van der Waals surface area contributed by atoms with Gasteiger partial charge in [-0.25, -0.2) is 4.98 Å². The van der Waals surface area contributed by atoms with Crippen LogP contribution in [-0.4, -0.2) is 26.4 Å². The molecule has 0 bridgehead atoms. The normalized spacial score (nSPS) is 11.8. The van der Waals surface area contributed by atoms with Crippen LogP contribution in [0.25, 0.3) is 0 Å². The predicted octanol–water partition coefficient (Wildman–Crippen LogP) is 1.72. The fourth-order valence-corrected chi connectivity index (χ4v) is 2.00. The molecule has 1 unspecified atom stereocenters. The third-order valence-corrected chi connectivity index (χ3v) is 3.12. The Morgan fingerprint density at radius 2 is 2.35 bits per heavy atom. The van der Waals surface area contributed by atoms with Crippen molar-refractivity contribution in [2.45, 2.75) is 11.9 Å². The van der Waals surface area contributed by atoms with Gasteiger partial charge in [0.1, 0.15) is 5.03 Å². The summed E-state index contributed by atoms with van der Waals surface area (Å²) >= 11 is 0. The third-order valence-electron chi connectivity index (χ3n) is 1.89. The second-order valence-corrected chi connectivity index (χ2v) is 4.55. The zero-order valence-corrected chi connectivity index (χ0v) is 10.2. The van der Waals surface area contributed by atoms with Crippen molar-refractivity contribution in [3.05, 3.63) is 34.9 Å². The van der Waals surface area contributed by atoms with Gasteiger partial charge >= 0.3 is 5.69 Å². The minimum Gasteiger partial charge on any atom is -0.365 e. The molecule has 1 heterocycles. The molecule has 1 atom stereocenters. The van der Waals surface area contributed by atoms with Crippen molar-refractivity contribution in [1.82, 2.24) is 4.98 Å². The zero-order valence-electron chi connectivity index (χ0n) is 9.38. The largest absolute Gasteiger partial charge is 0.365 e. The molecular formula is C10H13N3O3S. The molecule has 1 aromatic heterocycles. The Bertz CT molecular complexity index is 462. The summed E-state index contributed by atoms with van der Waals surface area (Å²) in [6, 6.07) is 2.71. The summed E-state index contributed by atoms with van der Waals surface area (Å²) in [5, 5.41) is 13.8. The van der Waals surface area contributed by atoms with E-state index in [1.807, 2.05) is 0 Å². The molecule has 1 N–H and O–H groups in total. The minimum atomic E-state index is -1.31. The molecule has 0 fully saturated rings. The van der Waals surface area contributed by atoms with E-state index in [1.165, 1.54) is 18.2 Å². The highest BCUT2D eigenvalue weighted by Crippen LogP contribution is 2.23. The molecule has 17 heavy (non-hydrogen) atoms. The lowest BCUT2D eigenvalue weighted by Crippen LogP contribution is -2.07. The van der Waals surface area contributed by atoms with Crippen LogP contribution in [0.1, 0.15) is 6.92 Å². The average molecular weight is 255 g/mol. The Balaban J connectivity index is 3.13. The molecule has 7 heteroatoms. The molecule has 0 saturated heterocycles. The second-order valence-electron chi connectivity index (χ2n) is 3.11. The molecule has 1 aromatic rings. The third kappa shape index (κ3) is 3.35. The van der Waals surface area contributed by atoms with E-state index in [-0.39, 0.29) is 17.3 Å². The fourth-order valence-electron chi connectivity index (χ4n) is 1.20. The van der Waals surface area contributed by atoms with E-state index in [0.29, 0.717) is 11.6 Å². The Morgan fingerprint density at radius 3 is 2.88 bits per heavy atom. The number of nitrogens with one attached hydrogen (secondary N) is 1. The van der Waals surface area contributed by atoms with E-state index >= 15 is 0 Å². The van der Waals surface area contributed by atoms with Gasteiger partial charge in [-0.2, -0.15) is 0 Å². The summed E-state index contributed by atoms with van der Waals surface area (Å²) in [6.07, 6.45) is 1.52. The highest BCUT2D eigenvalue weighted by Gasteiger charge is 2.16. The lowest BCUT2D eigenvalue weighted by atomic mass is 10.4. The van der Waals surface area contributed by atoms with Crippen molar-refractivity contribution in [2.24, 2.45) is 0 Å². The molecule has 0 aliphatic heterocycles. The number of aromatic nitrogens is 1. The summed E-state index contributed by atoms with van der Waals surface area (Å²) in [6.45, 7) is 5.80. The SMILES string of the molecule is C=CCS(=O)c1ccc([N+](=O)[O-])c(NCC)n1. The van der Waals surface area contributed by atoms with Crippen LogP contribution in [0, 0.1) is 10.1 Å². The predicted molar refractivity (Wildman–Crippen MR) is 66.5 cm³/mol. The van der Waals surface area contributed by atoms with Gasteiger partial charge < -0.3 is 5.32 Å². The van der Waals surface area contributed by atoms with Crippen LogP contribution < -0.4 is 5.32 Å². The highest BCUT2D eigenvalue weighted by molar-refractivity contribution is 7.85. The van der Waals surface area contributed by atoms with Gasteiger partial charge in [-0.1, -0.05) is 6.08 Å². The van der Waals surface area contributed by atoms with Gasteiger partial charge in [0.2, 0.25) is 5.82 Å². The van der Waals surface area contributed by atoms with Gasteiger partial charge in [0.15, 0.2) is 0 Å². The molecule has 0 aliphatic carbocycles. The van der Waals surface area contributed by atoms with E-state index in [1.54, 1.807) is 6.92 Å². The minimum absolute atomic E-state index is 0.119. The maximum atomic E-state index is 11.7. The molecule has 0 aromatic carbocycles. The van der Waals surface area contributed by atoms with Crippen LogP contribution in [0.4, 0.5) is 11.5 Å². The van der Waals surface area contributed by atoms with Gasteiger partial charge in [-0.15, -0.1) is 6.58 Å². The maximum Gasteiger partial charge on any atom is 0.311 e. The summed E-state index contributed by atoms with van der Waals surface area (Å²) in [4.78, 5) is 14.2. The first kappa shape index (κ1) is 13.3. The van der Waals surface area contributed by atoms with E-state index in [2.05, 4.69) is 16.9 Å². The average Bonchev–Trinajstić information content (AvgIpc) is 2.29. The van der Waals surface area contributed by atoms with Crippen molar-refractivity contribution < 1.29 is 9.13 Å². The van der Waals surface area contributed by atoms with Crippen molar-refractivity contribution in [3.63, 3.8) is 0 Å². The van der Waals surface area contributed by atoms with Crippen LogP contribution in [-0.2, 0) is 10.8 Å². The Morgan fingerprint density at radius 1 is 1.65 bits per heavy atom. The summed E-state index contributed by atoms with van der Waals surface area (Å²) < 4.78 is 11.7. The Kier molecular flexibility index (Phi) is 4.77. The molecule has 1 rings (SSSR count). The first-order valence-corrected chi connectivity index (χ1v) is 6.30. The van der Waals surface area contributed by atoms with E-state index in [9.17, 15) is 14.3 Å². The number of nitrogens with zero attached hydrogens (tertiary/aromatic N) is 2. The van der Waals surface area contributed by atoms with Gasteiger partial charge in [-0.05, 0) is 13.0 Å². The quantitative estimate of drug-likeness (QED) is 0.475. The summed E-state index contributed by atoms with van der Waals surface area (Å²) in [5.74, 6) is 0.420. The molecule has 0 saturated carbocycles. The lowest BCUT2D eigenvalue weighted by Gasteiger charge is -2.05. The topological polar surface area (TPSA) is 85.1 Å². The van der Waals surface area contributed by atoms with Crippen molar-refractivity contribution in [1.29, 1.82) is 0 Å². The van der Waals surface area contributed by atoms with Gasteiger partial charge in [0, 0.05) is 18.4 Å². The fraction of sp³-hybridized carbons (Fsp3) is 0.300. The molecular weight excluding hydrogens is 242 g/mol. The van der Waals surface area contributed by atoms with Gasteiger partial charge in [0.25, 0.3) is 0 Å². The van der Waals surface area contributed by atoms with Gasteiger partial charge in [0.05, 0.1) is 15.7 Å². The van der Waals surface area contributed by atoms with Crippen LogP contribution in [0.15, 0.2) is 29.8 Å². The zero-order chi connectivity index (χ0) is 12.8. The maximum absolute atomic E-state index is 11.7. The molecule has 0 aliphatic rings. The monoisotopic (exact) mass is 255 g/mol. The number of rotatable bonds is 6. The van der Waals surface area contributed by atoms with E-state index < -0.39 is 15.7 Å². The van der Waals surface area contributed by atoms with Crippen molar-refractivity contribution in [2.75, 3.05) is 17.6 Å². The first-order chi connectivity index (χ1) is 8.10. The standard InChI is InChI=1S/C10H13N3O3S/c1-3-7-17(16)9-6-5-8(13(14)15)10(12-9)11-4-2/h3,5-6H,1,4,7H2,2H3,(H,11,12). The highest BCUT2D eigenvalue weighted by atomic mass is 32.2. The number of nitro groups is 1. The molecule has 0 radical (unpaired) electrons. The smallest absolute Gasteiger partial charge is 0.311 e. The van der Waals surface area contributed by atoms with Crippen LogP contribution in [0.2, 0.25) is 0 Å². The Hall–Kier alpha value is -1.76. The molecule has 92 valence electrons. The summed E-state index contributed by atoms with van der Waals surface area (Å²) in [7, 11) is -1.31. The van der Waals surface area contributed by atoms with Crippen LogP contribution >= 0.6 is 0 Å². The number of hydrogen-bond acceptors (Lipinski definition) is 5. The molecule has 0 spiro atoms. The number of anilines is 1. The van der Waals surface area contributed by atoms with Crippen molar-refractivity contribution in [3.8, 4) is 0 Å². The lowest BCUT2D eigenvalue weighted by molar-refractivity contribution is -0.384. The first-order valence-electron chi connectivity index (χ1n) is 4.98. The number of hydrogen-bond donors (Lipinski definition) is 1. The van der Waals surface area contributed by atoms with Crippen LogP contribution in [0.3, 0.4) is 0 Å². The Labute approximate surface area is 101 Å². The van der Waals surface area contributed by atoms with Crippen molar-refractivity contribution >= 4 is 22.3 Å². The van der Waals surface area contributed by atoms with Crippen LogP contribution in [0.5, 0.6) is 0 Å². The van der Waals surface area contributed by atoms with E-state index in [4.69, 9.17) is 0 Å². The second kappa shape index (κ2) is 6.09. The summed E-state index contributed by atoms with van der Waals surface area (Å²) in [5.41, 5.74) is -0.119. The molecule has 6 nitrogen and oxygen atoms in total. The molecule has 0 amide bonds. The van der Waals surface area contributed by atoms with E-state index in [0.717, 1.165) is 0 Å². The number of pyridine rings is 1.